The molecule has 0 heterocycles. The van der Waals surface area contributed by atoms with Gasteiger partial charge in [0, 0.05) is 10.0 Å². The second kappa shape index (κ2) is 7.85. The van der Waals surface area contributed by atoms with Gasteiger partial charge in [0.2, 0.25) is 0 Å². The zero-order valence-electron chi connectivity index (χ0n) is 11.4. The van der Waals surface area contributed by atoms with Crippen molar-refractivity contribution in [3.8, 4) is 0 Å². The Hall–Kier alpha value is -1.62. The molecule has 1 unspecified atom stereocenters. The third-order valence-electron chi connectivity index (χ3n) is 2.73. The molecular weight excluding hydrogens is 324 g/mol. The molecule has 0 aliphatic carbocycles. The maximum atomic E-state index is 11.7. The van der Waals surface area contributed by atoms with Crippen LogP contribution in [0, 0.1) is 0 Å². The molecule has 0 aromatic heterocycles. The molecule has 5 heteroatoms. The van der Waals surface area contributed by atoms with E-state index in [1.165, 1.54) is 0 Å². The summed E-state index contributed by atoms with van der Waals surface area (Å²) in [5.74, 6) is -1.69. The monoisotopic (exact) mass is 340 g/mol. The van der Waals surface area contributed by atoms with Crippen molar-refractivity contribution in [2.45, 2.75) is 26.2 Å². The molecule has 0 aliphatic heterocycles. The predicted molar refractivity (Wildman–Crippen MR) is 79.5 cm³/mol. The summed E-state index contributed by atoms with van der Waals surface area (Å²) < 4.78 is 5.85. The van der Waals surface area contributed by atoms with Gasteiger partial charge in [-0.25, -0.2) is 4.79 Å². The van der Waals surface area contributed by atoms with Gasteiger partial charge in [-0.3, -0.25) is 4.79 Å². The Morgan fingerprint density at radius 1 is 1.35 bits per heavy atom. The molecule has 20 heavy (non-hydrogen) atoms. The maximum Gasteiger partial charge on any atom is 0.334 e. The molecule has 108 valence electrons. The maximum absolute atomic E-state index is 11.7. The number of ether oxygens (including phenoxy) is 1. The van der Waals surface area contributed by atoms with E-state index >= 15 is 0 Å². The number of carboxylic acid groups (broad SMARTS) is 1. The number of aliphatic carboxylic acids is 1. The number of rotatable bonds is 6. The molecule has 1 rings (SSSR count). The van der Waals surface area contributed by atoms with Crippen LogP contribution in [0.1, 0.15) is 31.7 Å². The fourth-order valence-corrected chi connectivity index (χ4v) is 2.01. The minimum atomic E-state index is -1.05. The van der Waals surface area contributed by atoms with Gasteiger partial charge in [-0.1, -0.05) is 41.1 Å². The van der Waals surface area contributed by atoms with Gasteiger partial charge in [-0.05, 0) is 30.5 Å². The fraction of sp³-hybridized carbons (Fsp3) is 0.333. The van der Waals surface area contributed by atoms with E-state index in [4.69, 9.17) is 9.84 Å². The third kappa shape index (κ3) is 5.17. The average Bonchev–Trinajstić information content (AvgIpc) is 2.38. The van der Waals surface area contributed by atoms with Crippen molar-refractivity contribution in [2.75, 3.05) is 6.61 Å². The highest BCUT2D eigenvalue weighted by atomic mass is 79.9. The van der Waals surface area contributed by atoms with Crippen LogP contribution in [0.15, 0.2) is 40.4 Å². The van der Waals surface area contributed by atoms with Gasteiger partial charge in [0.15, 0.2) is 0 Å². The molecule has 0 amide bonds. The number of benzene rings is 1. The van der Waals surface area contributed by atoms with E-state index in [0.29, 0.717) is 0 Å². The number of allylic oxidation sites excluding steroid dienone is 1. The van der Waals surface area contributed by atoms with E-state index in [1.807, 2.05) is 31.2 Å². The zero-order chi connectivity index (χ0) is 15.1. The normalized spacial score (nSPS) is 12.8. The number of carboxylic acids is 1. The topological polar surface area (TPSA) is 63.6 Å². The summed E-state index contributed by atoms with van der Waals surface area (Å²) >= 11 is 3.35. The summed E-state index contributed by atoms with van der Waals surface area (Å²) in [6.07, 6.45) is 1.31. The van der Waals surface area contributed by atoms with Crippen LogP contribution in [-0.4, -0.2) is 23.7 Å². The molecule has 0 fully saturated rings. The largest absolute Gasteiger partial charge is 0.481 e. The Kier molecular flexibility index (Phi) is 6.45. The molecule has 1 atom stereocenters. The summed E-state index contributed by atoms with van der Waals surface area (Å²) in [6.45, 7) is 3.82. The second-order valence-corrected chi connectivity index (χ2v) is 5.24. The van der Waals surface area contributed by atoms with Crippen LogP contribution in [-0.2, 0) is 14.3 Å². The van der Waals surface area contributed by atoms with Crippen molar-refractivity contribution >= 4 is 27.9 Å². The van der Waals surface area contributed by atoms with Gasteiger partial charge >= 0.3 is 11.9 Å². The lowest BCUT2D eigenvalue weighted by Gasteiger charge is -2.10. The number of carbonyl (C=O) groups excluding carboxylic acids is 1. The van der Waals surface area contributed by atoms with E-state index < -0.39 is 11.9 Å². The number of carbonyl (C=O) groups is 2. The molecule has 0 bridgehead atoms. The smallest absolute Gasteiger partial charge is 0.334 e. The van der Waals surface area contributed by atoms with Crippen LogP contribution >= 0.6 is 15.9 Å². The Bertz CT molecular complexity index is 505. The van der Waals surface area contributed by atoms with Crippen molar-refractivity contribution in [1.29, 1.82) is 0 Å². The lowest BCUT2D eigenvalue weighted by atomic mass is 9.97. The van der Waals surface area contributed by atoms with Gasteiger partial charge in [0.1, 0.15) is 0 Å². The van der Waals surface area contributed by atoms with Gasteiger partial charge in [-0.15, -0.1) is 0 Å². The first-order chi connectivity index (χ1) is 9.43. The quantitative estimate of drug-likeness (QED) is 0.635. The SMILES string of the molecule is CCOC(=O)C(=CC(C)c1ccc(Br)cc1)CC(=O)O. The molecule has 0 radical (unpaired) electrons. The van der Waals surface area contributed by atoms with Gasteiger partial charge < -0.3 is 9.84 Å². The Labute approximate surface area is 126 Å². The predicted octanol–water partition coefficient (Wildman–Crippen LogP) is 3.52. The van der Waals surface area contributed by atoms with E-state index in [-0.39, 0.29) is 24.5 Å². The summed E-state index contributed by atoms with van der Waals surface area (Å²) in [7, 11) is 0. The summed E-state index contributed by atoms with van der Waals surface area (Å²) in [5.41, 5.74) is 1.18. The summed E-state index contributed by atoms with van der Waals surface area (Å²) in [4.78, 5) is 22.6. The van der Waals surface area contributed by atoms with Gasteiger partial charge in [0.05, 0.1) is 13.0 Å². The van der Waals surface area contributed by atoms with E-state index in [1.54, 1.807) is 13.0 Å². The number of hydrogen-bond acceptors (Lipinski definition) is 3. The minimum absolute atomic E-state index is 0.0677. The van der Waals surface area contributed by atoms with E-state index in [9.17, 15) is 9.59 Å². The van der Waals surface area contributed by atoms with Crippen LogP contribution in [0.3, 0.4) is 0 Å². The van der Waals surface area contributed by atoms with Crippen LogP contribution in [0.25, 0.3) is 0 Å². The van der Waals surface area contributed by atoms with Crippen molar-refractivity contribution in [3.05, 3.63) is 46.0 Å². The van der Waals surface area contributed by atoms with Gasteiger partial charge in [-0.2, -0.15) is 0 Å². The molecule has 0 spiro atoms. The first-order valence-electron chi connectivity index (χ1n) is 6.29. The third-order valence-corrected chi connectivity index (χ3v) is 3.25. The average molecular weight is 341 g/mol. The lowest BCUT2D eigenvalue weighted by Crippen LogP contribution is -2.12. The van der Waals surface area contributed by atoms with Crippen molar-refractivity contribution in [1.82, 2.24) is 0 Å². The van der Waals surface area contributed by atoms with Crippen molar-refractivity contribution in [2.24, 2.45) is 0 Å². The minimum Gasteiger partial charge on any atom is -0.481 e. The fourth-order valence-electron chi connectivity index (χ4n) is 1.75. The molecule has 0 aliphatic rings. The number of esters is 1. The molecular formula is C15H17BrO4. The first-order valence-corrected chi connectivity index (χ1v) is 7.08. The van der Waals surface area contributed by atoms with Crippen LogP contribution in [0.5, 0.6) is 0 Å². The molecule has 1 aromatic carbocycles. The number of hydrogen-bond donors (Lipinski definition) is 1. The highest BCUT2D eigenvalue weighted by Crippen LogP contribution is 2.22. The van der Waals surface area contributed by atoms with Gasteiger partial charge in [0.25, 0.3) is 0 Å². The summed E-state index contributed by atoms with van der Waals surface area (Å²) in [6, 6.07) is 7.66. The Balaban J connectivity index is 2.95. The zero-order valence-corrected chi connectivity index (χ0v) is 13.0. The van der Waals surface area contributed by atoms with Crippen molar-refractivity contribution < 1.29 is 19.4 Å². The van der Waals surface area contributed by atoms with E-state index in [0.717, 1.165) is 10.0 Å². The second-order valence-electron chi connectivity index (χ2n) is 4.32. The standard InChI is InChI=1S/C15H17BrO4/c1-3-20-15(19)12(9-14(17)18)8-10(2)11-4-6-13(16)7-5-11/h4-8,10H,3,9H2,1-2H3,(H,17,18). The van der Waals surface area contributed by atoms with Crippen LogP contribution in [0.2, 0.25) is 0 Å². The summed E-state index contributed by atoms with van der Waals surface area (Å²) in [5, 5.41) is 8.87. The molecule has 0 saturated carbocycles. The first kappa shape index (κ1) is 16.4. The van der Waals surface area contributed by atoms with Crippen LogP contribution < -0.4 is 0 Å². The Morgan fingerprint density at radius 2 is 1.95 bits per heavy atom. The van der Waals surface area contributed by atoms with E-state index in [2.05, 4.69) is 15.9 Å². The highest BCUT2D eigenvalue weighted by molar-refractivity contribution is 9.10. The lowest BCUT2D eigenvalue weighted by molar-refractivity contribution is -0.142. The van der Waals surface area contributed by atoms with Crippen molar-refractivity contribution in [3.63, 3.8) is 0 Å². The number of halogens is 1. The molecule has 1 aromatic rings. The Morgan fingerprint density at radius 3 is 2.45 bits per heavy atom. The molecule has 4 nitrogen and oxygen atoms in total. The van der Waals surface area contributed by atoms with Crippen LogP contribution in [0.4, 0.5) is 0 Å². The molecule has 0 saturated heterocycles. The molecule has 1 N–H and O–H groups in total. The highest BCUT2D eigenvalue weighted by Gasteiger charge is 2.16.